The lowest BCUT2D eigenvalue weighted by molar-refractivity contribution is -0.120. The van der Waals surface area contributed by atoms with Crippen molar-refractivity contribution in [2.45, 2.75) is 19.8 Å². The molecule has 0 aromatic heterocycles. The van der Waals surface area contributed by atoms with Crippen LogP contribution in [-0.4, -0.2) is 12.4 Å². The highest BCUT2D eigenvalue weighted by atomic mass is 35.5. The summed E-state index contributed by atoms with van der Waals surface area (Å²) in [6.45, 7) is 5.83. The Kier molecular flexibility index (Phi) is 5.06. The van der Waals surface area contributed by atoms with Crippen LogP contribution in [-0.2, 0) is 4.79 Å². The van der Waals surface area contributed by atoms with Crippen molar-refractivity contribution >= 4 is 17.4 Å². The second kappa shape index (κ2) is 6.33. The third kappa shape index (κ3) is 4.49. The molecule has 1 rings (SSSR count). The molecule has 0 aliphatic carbocycles. The van der Waals surface area contributed by atoms with Crippen LogP contribution in [0.3, 0.4) is 0 Å². The average Bonchev–Trinajstić information content (AvgIpc) is 2.26. The molecule has 16 heavy (non-hydrogen) atoms. The molecule has 0 bridgehead atoms. The molecule has 0 saturated heterocycles. The van der Waals surface area contributed by atoms with E-state index in [0.717, 1.165) is 12.0 Å². The molecule has 0 aliphatic rings. The summed E-state index contributed by atoms with van der Waals surface area (Å²) < 4.78 is 5.32. The van der Waals surface area contributed by atoms with Crippen LogP contribution < -0.4 is 4.74 Å². The van der Waals surface area contributed by atoms with Gasteiger partial charge in [0.25, 0.3) is 0 Å². The van der Waals surface area contributed by atoms with Crippen molar-refractivity contribution < 1.29 is 9.53 Å². The highest BCUT2D eigenvalue weighted by Gasteiger charge is 2.04. The fourth-order valence-electron chi connectivity index (χ4n) is 1.18. The van der Waals surface area contributed by atoms with E-state index in [1.165, 1.54) is 0 Å². The number of halogens is 1. The Labute approximate surface area is 101 Å². The second-order valence-corrected chi connectivity index (χ2v) is 4.00. The molecule has 1 aromatic rings. The standard InChI is InChI=1S/C13H15ClO2/c1-3-10(2)7-12(15)9-16-13-6-4-5-11(14)8-13/h4-6,8H,2-3,7,9H2,1H3. The first-order valence-electron chi connectivity index (χ1n) is 5.18. The van der Waals surface area contributed by atoms with E-state index in [-0.39, 0.29) is 12.4 Å². The SMILES string of the molecule is C=C(CC)CC(=O)COc1cccc(Cl)c1. The molecule has 0 unspecified atom stereocenters. The van der Waals surface area contributed by atoms with E-state index in [0.29, 0.717) is 17.2 Å². The van der Waals surface area contributed by atoms with Crippen LogP contribution in [0.4, 0.5) is 0 Å². The summed E-state index contributed by atoms with van der Waals surface area (Å²) >= 11 is 5.79. The average molecular weight is 239 g/mol. The largest absolute Gasteiger partial charge is 0.486 e. The van der Waals surface area contributed by atoms with Crippen LogP contribution in [0.25, 0.3) is 0 Å². The van der Waals surface area contributed by atoms with Crippen LogP contribution in [0.2, 0.25) is 5.02 Å². The van der Waals surface area contributed by atoms with E-state index in [9.17, 15) is 4.79 Å². The molecular formula is C13H15ClO2. The number of hydrogen-bond acceptors (Lipinski definition) is 2. The summed E-state index contributed by atoms with van der Waals surface area (Å²) in [5, 5.41) is 0.600. The summed E-state index contributed by atoms with van der Waals surface area (Å²) in [5.41, 5.74) is 0.930. The monoisotopic (exact) mass is 238 g/mol. The summed E-state index contributed by atoms with van der Waals surface area (Å²) in [6.07, 6.45) is 1.21. The van der Waals surface area contributed by atoms with E-state index < -0.39 is 0 Å². The van der Waals surface area contributed by atoms with Crippen molar-refractivity contribution in [1.82, 2.24) is 0 Å². The van der Waals surface area contributed by atoms with Gasteiger partial charge in [-0.1, -0.05) is 36.7 Å². The first-order chi connectivity index (χ1) is 7.61. The van der Waals surface area contributed by atoms with Crippen molar-refractivity contribution in [2.75, 3.05) is 6.61 Å². The fraction of sp³-hybridized carbons (Fsp3) is 0.308. The molecule has 0 fully saturated rings. The Morgan fingerprint density at radius 3 is 2.88 bits per heavy atom. The molecular weight excluding hydrogens is 224 g/mol. The van der Waals surface area contributed by atoms with Gasteiger partial charge in [-0.3, -0.25) is 4.79 Å². The summed E-state index contributed by atoms with van der Waals surface area (Å²) in [5.74, 6) is 0.648. The molecule has 0 aliphatic heterocycles. The van der Waals surface area contributed by atoms with Crippen molar-refractivity contribution in [3.05, 3.63) is 41.4 Å². The van der Waals surface area contributed by atoms with E-state index in [1.54, 1.807) is 24.3 Å². The Hall–Kier alpha value is -1.28. The van der Waals surface area contributed by atoms with E-state index in [1.807, 2.05) is 6.92 Å². The van der Waals surface area contributed by atoms with Crippen LogP contribution in [0.5, 0.6) is 5.75 Å². The van der Waals surface area contributed by atoms with Gasteiger partial charge in [0.1, 0.15) is 12.4 Å². The number of benzene rings is 1. The van der Waals surface area contributed by atoms with Gasteiger partial charge in [-0.25, -0.2) is 0 Å². The lowest BCUT2D eigenvalue weighted by Gasteiger charge is -2.06. The van der Waals surface area contributed by atoms with Crippen LogP contribution in [0.1, 0.15) is 19.8 Å². The topological polar surface area (TPSA) is 26.3 Å². The van der Waals surface area contributed by atoms with E-state index in [2.05, 4.69) is 6.58 Å². The maximum atomic E-state index is 11.5. The molecule has 1 aromatic carbocycles. The molecule has 3 heteroatoms. The molecule has 0 spiro atoms. The lowest BCUT2D eigenvalue weighted by Crippen LogP contribution is -2.11. The van der Waals surface area contributed by atoms with Crippen molar-refractivity contribution in [3.63, 3.8) is 0 Å². The van der Waals surface area contributed by atoms with Gasteiger partial charge >= 0.3 is 0 Å². The molecule has 2 nitrogen and oxygen atoms in total. The smallest absolute Gasteiger partial charge is 0.174 e. The van der Waals surface area contributed by atoms with E-state index in [4.69, 9.17) is 16.3 Å². The van der Waals surface area contributed by atoms with Gasteiger partial charge in [0, 0.05) is 11.4 Å². The first-order valence-corrected chi connectivity index (χ1v) is 5.56. The van der Waals surface area contributed by atoms with Crippen molar-refractivity contribution in [1.29, 1.82) is 0 Å². The molecule has 0 radical (unpaired) electrons. The maximum Gasteiger partial charge on any atom is 0.174 e. The highest BCUT2D eigenvalue weighted by Crippen LogP contribution is 2.17. The fourth-order valence-corrected chi connectivity index (χ4v) is 1.36. The van der Waals surface area contributed by atoms with Gasteiger partial charge in [-0.2, -0.15) is 0 Å². The van der Waals surface area contributed by atoms with Crippen molar-refractivity contribution in [3.8, 4) is 5.75 Å². The summed E-state index contributed by atoms with van der Waals surface area (Å²) in [4.78, 5) is 11.5. The Morgan fingerprint density at radius 2 is 2.25 bits per heavy atom. The Balaban J connectivity index is 2.40. The second-order valence-electron chi connectivity index (χ2n) is 3.57. The minimum Gasteiger partial charge on any atom is -0.486 e. The molecule has 0 atom stereocenters. The Morgan fingerprint density at radius 1 is 1.50 bits per heavy atom. The zero-order chi connectivity index (χ0) is 12.0. The molecule has 0 saturated carbocycles. The van der Waals surface area contributed by atoms with Gasteiger partial charge in [0.15, 0.2) is 5.78 Å². The Bertz CT molecular complexity index is 385. The van der Waals surface area contributed by atoms with Gasteiger partial charge in [0.2, 0.25) is 0 Å². The normalized spacial score (nSPS) is 9.88. The highest BCUT2D eigenvalue weighted by molar-refractivity contribution is 6.30. The number of ketones is 1. The zero-order valence-electron chi connectivity index (χ0n) is 9.33. The molecule has 0 amide bonds. The van der Waals surface area contributed by atoms with Crippen LogP contribution >= 0.6 is 11.6 Å². The van der Waals surface area contributed by atoms with Crippen LogP contribution in [0.15, 0.2) is 36.4 Å². The summed E-state index contributed by atoms with van der Waals surface area (Å²) in [6, 6.07) is 7.00. The predicted molar refractivity (Wildman–Crippen MR) is 66.0 cm³/mol. The predicted octanol–water partition coefficient (Wildman–Crippen LogP) is 3.64. The number of allylic oxidation sites excluding steroid dienone is 1. The number of carbonyl (C=O) groups is 1. The van der Waals surface area contributed by atoms with Gasteiger partial charge in [0.05, 0.1) is 0 Å². The molecule has 0 heterocycles. The third-order valence-corrected chi connectivity index (χ3v) is 2.38. The zero-order valence-corrected chi connectivity index (χ0v) is 10.1. The lowest BCUT2D eigenvalue weighted by atomic mass is 10.1. The summed E-state index contributed by atoms with van der Waals surface area (Å²) in [7, 11) is 0. The first kappa shape index (κ1) is 12.8. The molecule has 0 N–H and O–H groups in total. The van der Waals surface area contributed by atoms with Gasteiger partial charge in [-0.15, -0.1) is 0 Å². The minimum absolute atomic E-state index is 0.0341. The third-order valence-electron chi connectivity index (χ3n) is 2.14. The quantitative estimate of drug-likeness (QED) is 0.708. The van der Waals surface area contributed by atoms with Gasteiger partial charge < -0.3 is 4.74 Å². The molecule has 86 valence electrons. The number of carbonyl (C=O) groups excluding carboxylic acids is 1. The number of Topliss-reactive ketones (excluding diaryl/α,β-unsaturated/α-hetero) is 1. The number of hydrogen-bond donors (Lipinski definition) is 0. The minimum atomic E-state index is 0.0341. The van der Waals surface area contributed by atoms with E-state index >= 15 is 0 Å². The number of rotatable bonds is 6. The maximum absolute atomic E-state index is 11.5. The number of ether oxygens (including phenoxy) is 1. The van der Waals surface area contributed by atoms with Crippen LogP contribution in [0, 0.1) is 0 Å². The van der Waals surface area contributed by atoms with Gasteiger partial charge in [-0.05, 0) is 24.6 Å². The van der Waals surface area contributed by atoms with Crippen molar-refractivity contribution in [2.24, 2.45) is 0 Å².